The third kappa shape index (κ3) is 4.99. The number of benzene rings is 1. The molecule has 0 saturated heterocycles. The predicted molar refractivity (Wildman–Crippen MR) is 131 cm³/mol. The number of aryl methyl sites for hydroxylation is 1. The summed E-state index contributed by atoms with van der Waals surface area (Å²) in [7, 11) is 1.68. The van der Waals surface area contributed by atoms with Gasteiger partial charge in [-0.05, 0) is 67.5 Å². The van der Waals surface area contributed by atoms with Crippen molar-refractivity contribution in [1.82, 2.24) is 20.1 Å². The molecule has 1 aliphatic carbocycles. The number of carbonyl (C=O) groups is 2. The standard InChI is InChI=1S/C27H26FN5O3/c1-32-23-15-18(10-13-27(36)11-3-12-27)6-7-20(23)8-9-22(25(32)34)31-26(35)33-17-19(16-29-33)14-21-4-2-5-24(28)30-21/h2,4-7,15-17,22,36H,3,8-9,11-12,14H2,1H3,(H,31,35). The Labute approximate surface area is 208 Å². The molecule has 2 aliphatic rings. The Morgan fingerprint density at radius 1 is 1.31 bits per heavy atom. The van der Waals surface area contributed by atoms with Gasteiger partial charge in [0.1, 0.15) is 11.6 Å². The summed E-state index contributed by atoms with van der Waals surface area (Å²) in [6, 6.07) is 8.99. The number of nitrogens with one attached hydrogen (secondary N) is 1. The molecule has 1 aliphatic heterocycles. The van der Waals surface area contributed by atoms with Gasteiger partial charge in [-0.3, -0.25) is 4.79 Å². The number of halogens is 1. The van der Waals surface area contributed by atoms with E-state index in [1.165, 1.54) is 12.3 Å². The topological polar surface area (TPSA) is 100 Å². The van der Waals surface area contributed by atoms with E-state index in [1.807, 2.05) is 18.2 Å². The van der Waals surface area contributed by atoms with E-state index in [0.717, 1.165) is 27.9 Å². The van der Waals surface area contributed by atoms with Crippen molar-refractivity contribution in [3.05, 3.63) is 77.1 Å². The highest BCUT2D eigenvalue weighted by Gasteiger charge is 2.32. The van der Waals surface area contributed by atoms with Crippen LogP contribution in [-0.2, 0) is 17.6 Å². The molecule has 3 heterocycles. The summed E-state index contributed by atoms with van der Waals surface area (Å²) in [4.78, 5) is 31.4. The Morgan fingerprint density at radius 3 is 2.89 bits per heavy atom. The second-order valence-corrected chi connectivity index (χ2v) is 9.34. The van der Waals surface area contributed by atoms with Crippen molar-refractivity contribution in [3.8, 4) is 11.8 Å². The van der Waals surface area contributed by atoms with Crippen LogP contribution in [0.25, 0.3) is 0 Å². The molecule has 2 amide bonds. The van der Waals surface area contributed by atoms with Crippen LogP contribution in [-0.4, -0.2) is 50.5 Å². The fourth-order valence-electron chi connectivity index (χ4n) is 4.44. The maximum atomic E-state index is 13.3. The Morgan fingerprint density at radius 2 is 2.14 bits per heavy atom. The number of amides is 2. The van der Waals surface area contributed by atoms with E-state index in [9.17, 15) is 19.1 Å². The summed E-state index contributed by atoms with van der Waals surface area (Å²) < 4.78 is 14.5. The Bertz CT molecular complexity index is 1390. The van der Waals surface area contributed by atoms with Crippen LogP contribution >= 0.6 is 0 Å². The molecule has 9 heteroatoms. The van der Waals surface area contributed by atoms with Crippen LogP contribution in [0.1, 0.15) is 48.1 Å². The van der Waals surface area contributed by atoms with Gasteiger partial charge in [0.2, 0.25) is 11.9 Å². The van der Waals surface area contributed by atoms with Crippen LogP contribution in [0.3, 0.4) is 0 Å². The average Bonchev–Trinajstić information content (AvgIpc) is 3.28. The van der Waals surface area contributed by atoms with Crippen molar-refractivity contribution in [3.63, 3.8) is 0 Å². The molecule has 2 aromatic heterocycles. The lowest BCUT2D eigenvalue weighted by Gasteiger charge is -2.30. The molecule has 1 atom stereocenters. The molecular weight excluding hydrogens is 461 g/mol. The summed E-state index contributed by atoms with van der Waals surface area (Å²) in [5.74, 6) is 5.18. The SMILES string of the molecule is CN1C(=O)C(NC(=O)n2cc(Cc3cccc(F)n3)cn2)CCc2ccc(C#CC3(O)CCC3)cc21. The van der Waals surface area contributed by atoms with Gasteiger partial charge in [0.25, 0.3) is 0 Å². The molecule has 0 spiro atoms. The normalized spacial score (nSPS) is 18.4. The Balaban J connectivity index is 1.26. The third-order valence-electron chi connectivity index (χ3n) is 6.70. The minimum Gasteiger partial charge on any atom is -0.378 e. The summed E-state index contributed by atoms with van der Waals surface area (Å²) in [5.41, 5.74) is 2.78. The first-order valence-corrected chi connectivity index (χ1v) is 11.9. The van der Waals surface area contributed by atoms with Crippen LogP contribution in [0.15, 0.2) is 48.8 Å². The van der Waals surface area contributed by atoms with Crippen LogP contribution in [0, 0.1) is 17.8 Å². The zero-order valence-corrected chi connectivity index (χ0v) is 19.9. The zero-order valence-electron chi connectivity index (χ0n) is 19.9. The molecule has 5 rings (SSSR count). The van der Waals surface area contributed by atoms with Crippen LogP contribution < -0.4 is 10.2 Å². The first-order valence-electron chi connectivity index (χ1n) is 11.9. The van der Waals surface area contributed by atoms with Gasteiger partial charge in [0, 0.05) is 36.6 Å². The van der Waals surface area contributed by atoms with E-state index < -0.39 is 23.6 Å². The lowest BCUT2D eigenvalue weighted by Crippen LogP contribution is -2.48. The average molecular weight is 488 g/mol. The lowest BCUT2D eigenvalue weighted by molar-refractivity contribution is -0.120. The minimum atomic E-state index is -0.899. The van der Waals surface area contributed by atoms with Gasteiger partial charge in [-0.2, -0.15) is 14.2 Å². The smallest absolute Gasteiger partial charge is 0.342 e. The van der Waals surface area contributed by atoms with Gasteiger partial charge in [0.05, 0.1) is 6.20 Å². The number of pyridine rings is 1. The summed E-state index contributed by atoms with van der Waals surface area (Å²) in [6.07, 6.45) is 6.78. The first-order chi connectivity index (χ1) is 17.3. The number of nitrogens with zero attached hydrogens (tertiary/aromatic N) is 4. The van der Waals surface area contributed by atoms with E-state index in [4.69, 9.17) is 0 Å². The third-order valence-corrected chi connectivity index (χ3v) is 6.70. The molecule has 2 N–H and O–H groups in total. The number of aromatic nitrogens is 3. The number of rotatable bonds is 3. The van der Waals surface area contributed by atoms with Gasteiger partial charge in [-0.1, -0.05) is 24.0 Å². The van der Waals surface area contributed by atoms with Gasteiger partial charge in [-0.15, -0.1) is 0 Å². The van der Waals surface area contributed by atoms with E-state index in [-0.39, 0.29) is 5.91 Å². The minimum absolute atomic E-state index is 0.235. The van der Waals surface area contributed by atoms with E-state index in [1.54, 1.807) is 30.3 Å². The van der Waals surface area contributed by atoms with Crippen molar-refractivity contribution < 1.29 is 19.1 Å². The molecule has 0 radical (unpaired) electrons. The molecule has 1 fully saturated rings. The molecule has 36 heavy (non-hydrogen) atoms. The summed E-state index contributed by atoms with van der Waals surface area (Å²) in [5, 5.41) is 17.1. The zero-order chi connectivity index (χ0) is 25.3. The van der Waals surface area contributed by atoms with Crippen LogP contribution in [0.5, 0.6) is 0 Å². The Kier molecular flexibility index (Phi) is 6.29. The highest BCUT2D eigenvalue weighted by molar-refractivity contribution is 6.00. The number of aliphatic hydroxyl groups is 1. The number of fused-ring (bicyclic) bond motifs is 1. The van der Waals surface area contributed by atoms with Crippen LogP contribution in [0.2, 0.25) is 0 Å². The molecule has 1 aromatic carbocycles. The number of hydrogen-bond acceptors (Lipinski definition) is 5. The number of anilines is 1. The number of carbonyl (C=O) groups excluding carboxylic acids is 2. The van der Waals surface area contributed by atoms with Crippen molar-refractivity contribution in [2.24, 2.45) is 0 Å². The van der Waals surface area contributed by atoms with Crippen molar-refractivity contribution in [2.75, 3.05) is 11.9 Å². The van der Waals surface area contributed by atoms with Crippen molar-refractivity contribution in [1.29, 1.82) is 0 Å². The van der Waals surface area contributed by atoms with Gasteiger partial charge >= 0.3 is 6.03 Å². The molecular formula is C27H26FN5O3. The van der Waals surface area contributed by atoms with Crippen molar-refractivity contribution >= 4 is 17.6 Å². The van der Waals surface area contributed by atoms with Gasteiger partial charge in [-0.25, -0.2) is 9.78 Å². The van der Waals surface area contributed by atoms with Gasteiger partial charge in [0.15, 0.2) is 0 Å². The number of likely N-dealkylation sites (N-methyl/N-ethyl adjacent to an activating group) is 1. The van der Waals surface area contributed by atoms with Gasteiger partial charge < -0.3 is 15.3 Å². The number of hydrogen-bond donors (Lipinski definition) is 2. The second-order valence-electron chi connectivity index (χ2n) is 9.34. The van der Waals surface area contributed by atoms with Crippen molar-refractivity contribution in [2.45, 2.75) is 50.2 Å². The van der Waals surface area contributed by atoms with E-state index in [0.29, 0.717) is 43.4 Å². The summed E-state index contributed by atoms with van der Waals surface area (Å²) in [6.45, 7) is 0. The Hall–Kier alpha value is -4.03. The van der Waals surface area contributed by atoms with Crippen LogP contribution in [0.4, 0.5) is 14.9 Å². The molecule has 8 nitrogen and oxygen atoms in total. The highest BCUT2D eigenvalue weighted by atomic mass is 19.1. The molecule has 184 valence electrons. The maximum Gasteiger partial charge on any atom is 0.342 e. The summed E-state index contributed by atoms with van der Waals surface area (Å²) >= 11 is 0. The maximum absolute atomic E-state index is 13.3. The fraction of sp³-hybridized carbons (Fsp3) is 0.333. The van der Waals surface area contributed by atoms with E-state index in [2.05, 4.69) is 27.2 Å². The van der Waals surface area contributed by atoms with E-state index >= 15 is 0 Å². The highest BCUT2D eigenvalue weighted by Crippen LogP contribution is 2.31. The largest absolute Gasteiger partial charge is 0.378 e. The molecule has 3 aromatic rings. The first kappa shape index (κ1) is 23.7. The predicted octanol–water partition coefficient (Wildman–Crippen LogP) is 2.81. The molecule has 1 unspecified atom stereocenters. The monoisotopic (exact) mass is 487 g/mol. The molecule has 1 saturated carbocycles. The lowest BCUT2D eigenvalue weighted by atomic mass is 9.81. The fourth-order valence-corrected chi connectivity index (χ4v) is 4.44. The second kappa shape index (κ2) is 9.55. The quantitative estimate of drug-likeness (QED) is 0.437. The molecule has 0 bridgehead atoms.